The third-order valence-electron chi connectivity index (χ3n) is 4.58. The van der Waals surface area contributed by atoms with Gasteiger partial charge >= 0.3 is 0 Å². The molecule has 2 aliphatic heterocycles. The Bertz CT molecular complexity index is 794. The van der Waals surface area contributed by atoms with E-state index in [4.69, 9.17) is 21.1 Å². The molecule has 10 heteroatoms. The first kappa shape index (κ1) is 20.2. The summed E-state index contributed by atoms with van der Waals surface area (Å²) in [6.45, 7) is 4.43. The number of hydrogen-bond acceptors (Lipinski definition) is 6. The summed E-state index contributed by atoms with van der Waals surface area (Å²) in [5.41, 5.74) is 0.422. The molecule has 0 bridgehead atoms. The molecule has 1 fully saturated rings. The molecule has 3 rings (SSSR count). The van der Waals surface area contributed by atoms with Crippen molar-refractivity contribution in [3.05, 3.63) is 22.7 Å². The number of sulfonamides is 1. The highest BCUT2D eigenvalue weighted by Gasteiger charge is 2.23. The van der Waals surface area contributed by atoms with Crippen LogP contribution in [0, 0.1) is 0 Å². The van der Waals surface area contributed by atoms with Gasteiger partial charge in [0.25, 0.3) is 5.91 Å². The number of carbonyl (C=O) groups excluding carboxylic acids is 1. The third kappa shape index (κ3) is 5.25. The van der Waals surface area contributed by atoms with Crippen molar-refractivity contribution in [2.75, 3.05) is 58.7 Å². The molecule has 0 aromatic heterocycles. The van der Waals surface area contributed by atoms with Gasteiger partial charge in [-0.15, -0.1) is 0 Å². The summed E-state index contributed by atoms with van der Waals surface area (Å²) in [6.07, 6.45) is 1.99. The molecule has 2 heterocycles. The molecular weight excluding hydrogens is 394 g/mol. The maximum absolute atomic E-state index is 12.4. The molecule has 2 aliphatic rings. The molecule has 1 amide bonds. The lowest BCUT2D eigenvalue weighted by atomic mass is 10.2. The molecule has 0 aliphatic carbocycles. The zero-order valence-corrected chi connectivity index (χ0v) is 16.8. The number of nitrogens with one attached hydrogen (secondary N) is 1. The van der Waals surface area contributed by atoms with Gasteiger partial charge < -0.3 is 14.8 Å². The van der Waals surface area contributed by atoms with E-state index in [0.717, 1.165) is 6.42 Å². The molecule has 0 atom stereocenters. The number of ether oxygens (including phenoxy) is 2. The number of carbonyl (C=O) groups is 1. The first-order valence-electron chi connectivity index (χ1n) is 8.89. The third-order valence-corrected chi connectivity index (χ3v) is 6.16. The number of piperazine rings is 1. The minimum absolute atomic E-state index is 0.234. The lowest BCUT2D eigenvalue weighted by molar-refractivity contribution is 0.0944. The molecule has 0 saturated carbocycles. The second-order valence-corrected chi connectivity index (χ2v) is 8.99. The topological polar surface area (TPSA) is 88.2 Å². The van der Waals surface area contributed by atoms with E-state index in [2.05, 4.69) is 10.2 Å². The van der Waals surface area contributed by atoms with E-state index in [9.17, 15) is 13.2 Å². The standard InChI is InChI=1S/C17H24ClN3O5S/c1-27(23,24)21-7-5-20(6-8-21)4-3-19-17(22)13-11-14(18)16-15(12-13)25-9-2-10-26-16/h11-12H,2-10H2,1H3,(H,19,22). The number of rotatable bonds is 5. The van der Waals surface area contributed by atoms with Crippen molar-refractivity contribution in [3.8, 4) is 11.5 Å². The Hall–Kier alpha value is -1.55. The number of hydrogen-bond donors (Lipinski definition) is 1. The van der Waals surface area contributed by atoms with Crippen molar-refractivity contribution in [2.24, 2.45) is 0 Å². The molecule has 27 heavy (non-hydrogen) atoms. The van der Waals surface area contributed by atoms with Crippen molar-refractivity contribution >= 4 is 27.5 Å². The van der Waals surface area contributed by atoms with Gasteiger partial charge in [0.1, 0.15) is 0 Å². The SMILES string of the molecule is CS(=O)(=O)N1CCN(CCNC(=O)c2cc(Cl)c3c(c2)OCCCO3)CC1. The van der Waals surface area contributed by atoms with Crippen molar-refractivity contribution in [1.82, 2.24) is 14.5 Å². The molecule has 0 spiro atoms. The number of fused-ring (bicyclic) bond motifs is 1. The van der Waals surface area contributed by atoms with E-state index in [1.165, 1.54) is 10.6 Å². The van der Waals surface area contributed by atoms with Crippen LogP contribution in [0.2, 0.25) is 5.02 Å². The van der Waals surface area contributed by atoms with E-state index >= 15 is 0 Å². The lowest BCUT2D eigenvalue weighted by Gasteiger charge is -2.33. The average Bonchev–Trinajstić information content (AvgIpc) is 2.87. The summed E-state index contributed by atoms with van der Waals surface area (Å²) in [6, 6.07) is 3.22. The Morgan fingerprint density at radius 1 is 1.19 bits per heavy atom. The molecule has 1 N–H and O–H groups in total. The Labute approximate surface area is 164 Å². The van der Waals surface area contributed by atoms with E-state index in [1.807, 2.05) is 0 Å². The molecular formula is C17H24ClN3O5S. The van der Waals surface area contributed by atoms with Crippen LogP contribution in [0.5, 0.6) is 11.5 Å². The van der Waals surface area contributed by atoms with E-state index in [1.54, 1.807) is 12.1 Å². The smallest absolute Gasteiger partial charge is 0.251 e. The summed E-state index contributed by atoms with van der Waals surface area (Å²) in [5, 5.41) is 3.23. The van der Waals surface area contributed by atoms with E-state index in [-0.39, 0.29) is 5.91 Å². The minimum Gasteiger partial charge on any atom is -0.489 e. The van der Waals surface area contributed by atoms with Gasteiger partial charge in [-0.3, -0.25) is 9.69 Å². The predicted molar refractivity (Wildman–Crippen MR) is 102 cm³/mol. The fraction of sp³-hybridized carbons (Fsp3) is 0.588. The Morgan fingerprint density at radius 2 is 1.89 bits per heavy atom. The van der Waals surface area contributed by atoms with Crippen LogP contribution in [0.4, 0.5) is 0 Å². The second-order valence-electron chi connectivity index (χ2n) is 6.60. The largest absolute Gasteiger partial charge is 0.489 e. The van der Waals surface area contributed by atoms with Gasteiger partial charge in [-0.1, -0.05) is 11.6 Å². The summed E-state index contributed by atoms with van der Waals surface area (Å²) in [7, 11) is -3.13. The quantitative estimate of drug-likeness (QED) is 0.762. The zero-order valence-electron chi connectivity index (χ0n) is 15.2. The average molecular weight is 418 g/mol. The van der Waals surface area contributed by atoms with Crippen molar-refractivity contribution in [2.45, 2.75) is 6.42 Å². The van der Waals surface area contributed by atoms with Crippen LogP contribution in [0.3, 0.4) is 0 Å². The highest BCUT2D eigenvalue weighted by atomic mass is 35.5. The van der Waals surface area contributed by atoms with Crippen LogP contribution in [-0.2, 0) is 10.0 Å². The second kappa shape index (κ2) is 8.64. The van der Waals surface area contributed by atoms with Crippen LogP contribution in [-0.4, -0.2) is 82.3 Å². The summed E-state index contributed by atoms with van der Waals surface area (Å²) >= 11 is 6.22. The zero-order chi connectivity index (χ0) is 19.4. The van der Waals surface area contributed by atoms with Gasteiger partial charge in [-0.05, 0) is 12.1 Å². The molecule has 8 nitrogen and oxygen atoms in total. The van der Waals surface area contributed by atoms with Crippen LogP contribution >= 0.6 is 11.6 Å². The Morgan fingerprint density at radius 3 is 2.59 bits per heavy atom. The Balaban J connectivity index is 1.50. The number of halogens is 1. The van der Waals surface area contributed by atoms with Crippen LogP contribution in [0.1, 0.15) is 16.8 Å². The van der Waals surface area contributed by atoms with Crippen molar-refractivity contribution in [1.29, 1.82) is 0 Å². The van der Waals surface area contributed by atoms with Crippen molar-refractivity contribution in [3.63, 3.8) is 0 Å². The molecule has 0 radical (unpaired) electrons. The first-order chi connectivity index (χ1) is 12.8. The van der Waals surface area contributed by atoms with Gasteiger partial charge in [0.15, 0.2) is 11.5 Å². The first-order valence-corrected chi connectivity index (χ1v) is 11.1. The lowest BCUT2D eigenvalue weighted by Crippen LogP contribution is -2.49. The minimum atomic E-state index is -3.13. The maximum Gasteiger partial charge on any atom is 0.251 e. The summed E-state index contributed by atoms with van der Waals surface area (Å²) < 4.78 is 35.7. The molecule has 1 aromatic rings. The van der Waals surface area contributed by atoms with Gasteiger partial charge in [-0.25, -0.2) is 8.42 Å². The van der Waals surface area contributed by atoms with E-state index < -0.39 is 10.0 Å². The number of amides is 1. The summed E-state index contributed by atoms with van der Waals surface area (Å²) in [4.78, 5) is 14.5. The number of nitrogens with zero attached hydrogens (tertiary/aromatic N) is 2. The van der Waals surface area contributed by atoms with Gasteiger partial charge in [-0.2, -0.15) is 4.31 Å². The van der Waals surface area contributed by atoms with Gasteiger partial charge in [0.2, 0.25) is 10.0 Å². The van der Waals surface area contributed by atoms with Crippen LogP contribution in [0.15, 0.2) is 12.1 Å². The van der Waals surface area contributed by atoms with Gasteiger partial charge in [0.05, 0.1) is 24.5 Å². The van der Waals surface area contributed by atoms with Crippen LogP contribution in [0.25, 0.3) is 0 Å². The van der Waals surface area contributed by atoms with Gasteiger partial charge in [0, 0.05) is 51.3 Å². The fourth-order valence-electron chi connectivity index (χ4n) is 3.08. The predicted octanol–water partition coefficient (Wildman–Crippen LogP) is 0.808. The maximum atomic E-state index is 12.4. The normalized spacial score (nSPS) is 18.7. The molecule has 1 aromatic carbocycles. The molecule has 1 saturated heterocycles. The number of benzene rings is 1. The van der Waals surface area contributed by atoms with E-state index in [0.29, 0.717) is 74.6 Å². The fourth-order valence-corrected chi connectivity index (χ4v) is 4.17. The van der Waals surface area contributed by atoms with Crippen molar-refractivity contribution < 1.29 is 22.7 Å². The molecule has 0 unspecified atom stereocenters. The monoisotopic (exact) mass is 417 g/mol. The Kier molecular flexibility index (Phi) is 6.46. The van der Waals surface area contributed by atoms with Crippen LogP contribution < -0.4 is 14.8 Å². The highest BCUT2D eigenvalue weighted by molar-refractivity contribution is 7.88. The molecule has 150 valence electrons. The summed E-state index contributed by atoms with van der Waals surface area (Å²) in [5.74, 6) is 0.735. The highest BCUT2D eigenvalue weighted by Crippen LogP contribution is 2.37.